The Hall–Kier alpha value is -0.791. The molecule has 25 heavy (non-hydrogen) atoms. The molecule has 0 saturated carbocycles. The van der Waals surface area contributed by atoms with Crippen molar-refractivity contribution >= 4 is 50.7 Å². The largest absolute Gasteiger partial charge is 0.376 e. The van der Waals surface area contributed by atoms with Gasteiger partial charge in [-0.2, -0.15) is 0 Å². The molecule has 0 aromatic heterocycles. The molecule has 128 valence electrons. The maximum Gasteiger partial charge on any atom is 0.316 e. The highest BCUT2D eigenvalue weighted by Crippen LogP contribution is 2.36. The molecule has 0 spiro atoms. The second-order valence-corrected chi connectivity index (χ2v) is 6.93. The lowest BCUT2D eigenvalue weighted by molar-refractivity contribution is 0.125. The highest BCUT2D eigenvalue weighted by Gasteiger charge is 2.33. The van der Waals surface area contributed by atoms with Crippen LogP contribution in [0.1, 0.15) is 16.7 Å². The minimum atomic E-state index is -1.12. The first-order chi connectivity index (χ1) is 11.2. The van der Waals surface area contributed by atoms with Crippen LogP contribution in [0.4, 0.5) is 0 Å². The summed E-state index contributed by atoms with van der Waals surface area (Å²) in [6, 6.07) is 29.3. The van der Waals surface area contributed by atoms with E-state index in [9.17, 15) is 5.11 Å². The Morgan fingerprint density at radius 3 is 1.00 bits per heavy atom. The van der Waals surface area contributed by atoms with Crippen LogP contribution in [0.2, 0.25) is 11.6 Å². The van der Waals surface area contributed by atoms with Gasteiger partial charge >= 0.3 is 23.1 Å². The van der Waals surface area contributed by atoms with Gasteiger partial charge in [0.25, 0.3) is 0 Å². The molecule has 0 aliphatic heterocycles. The van der Waals surface area contributed by atoms with Gasteiger partial charge in [0.15, 0.2) is 0 Å². The minimum absolute atomic E-state index is 0. The summed E-state index contributed by atoms with van der Waals surface area (Å²) < 4.78 is 0. The number of aliphatic hydroxyl groups is 1. The monoisotopic (exact) mass is 380 g/mol. The van der Waals surface area contributed by atoms with Crippen LogP contribution in [-0.4, -0.2) is 43.4 Å². The smallest absolute Gasteiger partial charge is 0.316 e. The van der Waals surface area contributed by atoms with Gasteiger partial charge in [0.2, 0.25) is 15.2 Å². The van der Waals surface area contributed by atoms with E-state index in [2.05, 4.69) is 11.6 Å². The molecule has 1 nitrogen and oxygen atoms in total. The predicted molar refractivity (Wildman–Crippen MR) is 116 cm³/mol. The lowest BCUT2D eigenvalue weighted by atomic mass is 9.80. The van der Waals surface area contributed by atoms with Crippen LogP contribution in [0.5, 0.6) is 0 Å². The van der Waals surface area contributed by atoms with E-state index in [1.54, 1.807) is 0 Å². The molecule has 3 aromatic rings. The maximum absolute atomic E-state index is 11.4. The molecular formula is C21H26AlClMgO. The van der Waals surface area contributed by atoms with Crippen LogP contribution in [0.25, 0.3) is 0 Å². The fourth-order valence-electron chi connectivity index (χ4n) is 2.54. The number of halogens is 1. The van der Waals surface area contributed by atoms with Crippen LogP contribution >= 0.6 is 12.4 Å². The van der Waals surface area contributed by atoms with Crippen LogP contribution in [0, 0.1) is 0 Å². The molecule has 0 atom stereocenters. The van der Waals surface area contributed by atoms with E-state index < -0.39 is 5.60 Å². The third-order valence-electron chi connectivity index (χ3n) is 3.57. The van der Waals surface area contributed by atoms with Crippen molar-refractivity contribution in [2.75, 3.05) is 0 Å². The van der Waals surface area contributed by atoms with E-state index in [0.717, 1.165) is 16.7 Å². The van der Waals surface area contributed by atoms with Gasteiger partial charge in [-0.25, -0.2) is 0 Å². The van der Waals surface area contributed by atoms with Gasteiger partial charge in [0.1, 0.15) is 5.60 Å². The molecule has 4 heteroatoms. The molecule has 3 rings (SSSR count). The Labute approximate surface area is 179 Å². The summed E-state index contributed by atoms with van der Waals surface area (Å²) in [7, 11) is 0. The van der Waals surface area contributed by atoms with Gasteiger partial charge in [-0.3, -0.25) is 0 Å². The van der Waals surface area contributed by atoms with Crippen molar-refractivity contribution in [2.24, 2.45) is 0 Å². The second kappa shape index (κ2) is 12.5. The Balaban J connectivity index is 0.00000108. The van der Waals surface area contributed by atoms with Gasteiger partial charge < -0.3 is 5.11 Å². The Morgan fingerprint density at radius 1 is 0.600 bits per heavy atom. The van der Waals surface area contributed by atoms with E-state index in [1.807, 2.05) is 91.0 Å². The quantitative estimate of drug-likeness (QED) is 0.537. The summed E-state index contributed by atoms with van der Waals surface area (Å²) >= 11 is 0.417. The van der Waals surface area contributed by atoms with Crippen molar-refractivity contribution in [3.8, 4) is 0 Å². The summed E-state index contributed by atoms with van der Waals surface area (Å²) in [5.74, 6) is 4.53. The summed E-state index contributed by atoms with van der Waals surface area (Å²) in [4.78, 5) is 0. The van der Waals surface area contributed by atoms with Gasteiger partial charge in [0, 0.05) is 0 Å². The molecule has 1 N–H and O–H groups in total. The minimum Gasteiger partial charge on any atom is -0.376 e. The molecule has 0 aliphatic carbocycles. The maximum atomic E-state index is 11.4. The third kappa shape index (κ3) is 6.15. The van der Waals surface area contributed by atoms with Crippen molar-refractivity contribution in [2.45, 2.75) is 17.2 Å². The molecule has 0 radical (unpaired) electrons. The van der Waals surface area contributed by atoms with Crippen molar-refractivity contribution < 1.29 is 5.11 Å². The first kappa shape index (κ1) is 24.2. The van der Waals surface area contributed by atoms with Crippen molar-refractivity contribution in [3.63, 3.8) is 0 Å². The molecule has 0 bridgehead atoms. The van der Waals surface area contributed by atoms with E-state index in [1.165, 1.54) is 0 Å². The third-order valence-corrected chi connectivity index (χ3v) is 3.57. The lowest BCUT2D eigenvalue weighted by Crippen LogP contribution is -2.28. The summed E-state index contributed by atoms with van der Waals surface area (Å²) in [5.41, 5.74) is 1.50. The summed E-state index contributed by atoms with van der Waals surface area (Å²) in [6.07, 6.45) is 0. The first-order valence-electron chi connectivity index (χ1n) is 8.12. The second-order valence-electron chi connectivity index (χ2n) is 5.52. The summed E-state index contributed by atoms with van der Waals surface area (Å²) in [6.45, 7) is 0. The van der Waals surface area contributed by atoms with Gasteiger partial charge in [0.05, 0.1) is 0 Å². The normalized spacial score (nSPS) is 9.56. The van der Waals surface area contributed by atoms with Crippen molar-refractivity contribution in [1.29, 1.82) is 0 Å². The lowest BCUT2D eigenvalue weighted by Gasteiger charge is -2.30. The van der Waals surface area contributed by atoms with Gasteiger partial charge in [-0.1, -0.05) is 91.0 Å². The van der Waals surface area contributed by atoms with Crippen molar-refractivity contribution in [1.82, 2.24) is 0 Å². The number of hydrogen-bond acceptors (Lipinski definition) is 1. The fourth-order valence-corrected chi connectivity index (χ4v) is 2.54. The van der Waals surface area contributed by atoms with E-state index in [4.69, 9.17) is 0 Å². The fraction of sp³-hybridized carbons (Fsp3) is 0.143. The molecular weight excluding hydrogens is 355 g/mol. The van der Waals surface area contributed by atoms with Crippen LogP contribution < -0.4 is 0 Å². The number of benzene rings is 3. The highest BCUT2D eigenvalue weighted by atomic mass is 35.5. The Bertz CT molecular complexity index is 596. The standard InChI is InChI=1S/C19H16O.2CH3.Al.ClH.Mg.3H/c20-19(16-10-4-1-5-11-16,17-12-6-2-7-13-17)18-14-8-3-9-15-18;;;;;;;;/h1-15,20H;2*1H3;;1H;;;;. The predicted octanol–water partition coefficient (Wildman–Crippen LogP) is 4.00. The van der Waals surface area contributed by atoms with Crippen molar-refractivity contribution in [3.05, 3.63) is 108 Å². The first-order valence-corrected chi connectivity index (χ1v) is 10.9. The Morgan fingerprint density at radius 2 is 0.800 bits per heavy atom. The molecule has 0 unspecified atom stereocenters. The van der Waals surface area contributed by atoms with Crippen LogP contribution in [0.3, 0.4) is 0 Å². The summed E-state index contributed by atoms with van der Waals surface area (Å²) in [5, 5.41) is 11.4. The highest BCUT2D eigenvalue weighted by molar-refractivity contribution is 6.31. The molecule has 0 heterocycles. The van der Waals surface area contributed by atoms with Crippen LogP contribution in [-0.2, 0) is 5.60 Å². The molecule has 0 fully saturated rings. The van der Waals surface area contributed by atoms with E-state index in [-0.39, 0.29) is 35.5 Å². The van der Waals surface area contributed by atoms with Gasteiger partial charge in [-0.05, 0) is 16.7 Å². The zero-order valence-electron chi connectivity index (χ0n) is 14.2. The average molecular weight is 381 g/mol. The zero-order chi connectivity index (χ0) is 16.5. The van der Waals surface area contributed by atoms with Gasteiger partial charge in [-0.15, -0.1) is 24.0 Å². The molecule has 0 aliphatic rings. The molecule has 0 saturated heterocycles. The zero-order valence-corrected chi connectivity index (χ0v) is 16.5. The van der Waals surface area contributed by atoms with Crippen LogP contribution in [0.15, 0.2) is 91.0 Å². The topological polar surface area (TPSA) is 20.2 Å². The average Bonchev–Trinajstić information content (AvgIpc) is 2.64. The van der Waals surface area contributed by atoms with E-state index in [0.29, 0.717) is 15.2 Å². The number of rotatable bonds is 3. The SMILES string of the molecule is Cl.OC(c1ccccc1)(c1ccccc1)c1ccccc1.[CH3][AlH][CH3].[MgH2]. The van der Waals surface area contributed by atoms with E-state index >= 15 is 0 Å². The molecule has 0 amide bonds. The molecule has 3 aromatic carbocycles. The Kier molecular flexibility index (Phi) is 12.1. The number of hydrogen-bond donors (Lipinski definition) is 1.